The molecule has 0 aliphatic carbocycles. The number of fused-ring (bicyclic) bond motifs is 1. The molecule has 7 heteroatoms. The Hall–Kier alpha value is -1.73. The molecule has 0 amide bonds. The van der Waals surface area contributed by atoms with E-state index in [4.69, 9.17) is 0 Å². The van der Waals surface area contributed by atoms with E-state index >= 15 is 0 Å². The van der Waals surface area contributed by atoms with Crippen LogP contribution in [0.15, 0.2) is 30.3 Å². The highest BCUT2D eigenvalue weighted by Crippen LogP contribution is 2.24. The Kier molecular flexibility index (Phi) is 4.25. The van der Waals surface area contributed by atoms with E-state index in [0.717, 1.165) is 37.1 Å². The van der Waals surface area contributed by atoms with Gasteiger partial charge in [-0.05, 0) is 37.1 Å². The van der Waals surface area contributed by atoms with E-state index in [1.807, 2.05) is 12.1 Å². The first-order valence-electron chi connectivity index (χ1n) is 7.59. The zero-order chi connectivity index (χ0) is 16.6. The number of halogens is 1. The summed E-state index contributed by atoms with van der Waals surface area (Å²) >= 11 is 0. The third-order valence-electron chi connectivity index (χ3n) is 4.47. The van der Waals surface area contributed by atoms with Gasteiger partial charge in [0.05, 0.1) is 11.8 Å². The van der Waals surface area contributed by atoms with Crippen molar-refractivity contribution in [2.75, 3.05) is 31.3 Å². The predicted octanol–water partition coefficient (Wildman–Crippen LogP) is 2.23. The fraction of sp³-hybridized carbons (Fsp3) is 0.438. The van der Waals surface area contributed by atoms with Gasteiger partial charge in [-0.15, -0.1) is 0 Å². The summed E-state index contributed by atoms with van der Waals surface area (Å²) < 4.78 is 38.0. The van der Waals surface area contributed by atoms with Crippen molar-refractivity contribution in [2.24, 2.45) is 0 Å². The smallest absolute Gasteiger partial charge is 0.211 e. The second-order valence-corrected chi connectivity index (χ2v) is 8.05. The number of aromatic nitrogens is 1. The molecule has 1 fully saturated rings. The Balaban J connectivity index is 1.75. The first-order valence-corrected chi connectivity index (χ1v) is 9.44. The summed E-state index contributed by atoms with van der Waals surface area (Å²) in [7, 11) is -1.53. The van der Waals surface area contributed by atoms with Crippen molar-refractivity contribution in [2.45, 2.75) is 18.9 Å². The average molecular weight is 337 g/mol. The molecule has 0 spiro atoms. The van der Waals surface area contributed by atoms with Crippen LogP contribution in [-0.2, 0) is 10.0 Å². The number of benzene rings is 1. The topological polar surface area (TPSA) is 53.5 Å². The summed E-state index contributed by atoms with van der Waals surface area (Å²) in [6, 6.07) is 8.47. The molecular formula is C16H20FN3O2S. The minimum Gasteiger partial charge on any atom is -0.356 e. The molecule has 0 unspecified atom stereocenters. The fourth-order valence-electron chi connectivity index (χ4n) is 2.99. The number of rotatable bonds is 3. The number of hydrogen-bond donors (Lipinski definition) is 0. The number of nitrogens with zero attached hydrogens (tertiary/aromatic N) is 3. The largest absolute Gasteiger partial charge is 0.356 e. The van der Waals surface area contributed by atoms with Gasteiger partial charge in [-0.1, -0.05) is 0 Å². The van der Waals surface area contributed by atoms with Gasteiger partial charge < -0.3 is 4.90 Å². The highest BCUT2D eigenvalue weighted by atomic mass is 32.2. The van der Waals surface area contributed by atoms with Gasteiger partial charge in [-0.3, -0.25) is 0 Å². The Labute approximate surface area is 135 Å². The van der Waals surface area contributed by atoms with Crippen LogP contribution in [0.5, 0.6) is 0 Å². The van der Waals surface area contributed by atoms with Gasteiger partial charge in [-0.25, -0.2) is 22.1 Å². The lowest BCUT2D eigenvalue weighted by Gasteiger charge is -2.36. The number of anilines is 1. The highest BCUT2D eigenvalue weighted by Gasteiger charge is 2.27. The van der Waals surface area contributed by atoms with Gasteiger partial charge in [0, 0.05) is 37.6 Å². The molecular weight excluding hydrogens is 317 g/mol. The number of pyridine rings is 1. The molecule has 0 bridgehead atoms. The summed E-state index contributed by atoms with van der Waals surface area (Å²) in [5.74, 6) is 0.513. The fourth-order valence-corrected chi connectivity index (χ4v) is 3.74. The van der Waals surface area contributed by atoms with Crippen LogP contribution in [0, 0.1) is 5.82 Å². The van der Waals surface area contributed by atoms with E-state index in [1.165, 1.54) is 22.7 Å². The molecule has 1 aliphatic heterocycles. The zero-order valence-electron chi connectivity index (χ0n) is 13.2. The van der Waals surface area contributed by atoms with Crippen molar-refractivity contribution in [3.63, 3.8) is 0 Å². The Morgan fingerprint density at radius 2 is 1.87 bits per heavy atom. The standard InChI is InChI=1S/C16H20FN3O2S/c1-19(23(2,21)22)14-7-9-20(10-8-14)16-6-4-12-3-5-13(17)11-15(12)18-16/h3-6,11,14H,7-10H2,1-2H3. The maximum absolute atomic E-state index is 13.3. The predicted molar refractivity (Wildman–Crippen MR) is 89.5 cm³/mol. The number of hydrogen-bond acceptors (Lipinski definition) is 4. The molecule has 0 atom stereocenters. The average Bonchev–Trinajstić information content (AvgIpc) is 2.52. The molecule has 0 saturated carbocycles. The van der Waals surface area contributed by atoms with Crippen LogP contribution in [-0.4, -0.2) is 50.1 Å². The summed E-state index contributed by atoms with van der Waals surface area (Å²) in [5.41, 5.74) is 0.637. The van der Waals surface area contributed by atoms with Crippen molar-refractivity contribution in [1.29, 1.82) is 0 Å². The number of sulfonamides is 1. The summed E-state index contributed by atoms with van der Waals surface area (Å²) in [6.45, 7) is 1.47. The Morgan fingerprint density at radius 1 is 1.22 bits per heavy atom. The number of piperidine rings is 1. The second-order valence-electron chi connectivity index (χ2n) is 6.00. The van der Waals surface area contributed by atoms with E-state index in [-0.39, 0.29) is 11.9 Å². The Morgan fingerprint density at radius 3 is 2.52 bits per heavy atom. The SMILES string of the molecule is CN(C1CCN(c2ccc3ccc(F)cc3n2)CC1)S(C)(=O)=O. The van der Waals surface area contributed by atoms with Crippen LogP contribution in [0.1, 0.15) is 12.8 Å². The van der Waals surface area contributed by atoms with Gasteiger partial charge in [0.2, 0.25) is 10.0 Å². The molecule has 5 nitrogen and oxygen atoms in total. The lowest BCUT2D eigenvalue weighted by atomic mass is 10.1. The van der Waals surface area contributed by atoms with Crippen LogP contribution in [0.3, 0.4) is 0 Å². The quantitative estimate of drug-likeness (QED) is 0.862. The van der Waals surface area contributed by atoms with Crippen molar-refractivity contribution < 1.29 is 12.8 Å². The molecule has 1 saturated heterocycles. The maximum atomic E-state index is 13.3. The summed E-state index contributed by atoms with van der Waals surface area (Å²) in [4.78, 5) is 6.65. The minimum atomic E-state index is -3.16. The van der Waals surface area contributed by atoms with Crippen LogP contribution < -0.4 is 4.90 Å². The van der Waals surface area contributed by atoms with E-state index in [0.29, 0.717) is 5.52 Å². The third kappa shape index (κ3) is 3.45. The van der Waals surface area contributed by atoms with Gasteiger partial charge >= 0.3 is 0 Å². The molecule has 2 heterocycles. The minimum absolute atomic E-state index is 0.0270. The first-order chi connectivity index (χ1) is 10.8. The van der Waals surface area contributed by atoms with Crippen LogP contribution in [0.25, 0.3) is 10.9 Å². The van der Waals surface area contributed by atoms with Crippen molar-refractivity contribution >= 4 is 26.7 Å². The monoisotopic (exact) mass is 337 g/mol. The molecule has 1 aliphatic rings. The van der Waals surface area contributed by atoms with Crippen molar-refractivity contribution in [3.8, 4) is 0 Å². The molecule has 3 rings (SSSR count). The van der Waals surface area contributed by atoms with Crippen molar-refractivity contribution in [3.05, 3.63) is 36.1 Å². The lowest BCUT2D eigenvalue weighted by molar-refractivity contribution is 0.313. The van der Waals surface area contributed by atoms with Crippen molar-refractivity contribution in [1.82, 2.24) is 9.29 Å². The second kappa shape index (κ2) is 6.05. The first kappa shape index (κ1) is 16.1. The maximum Gasteiger partial charge on any atom is 0.211 e. The van der Waals surface area contributed by atoms with Crippen LogP contribution >= 0.6 is 0 Å². The van der Waals surface area contributed by atoms with E-state index in [2.05, 4.69) is 9.88 Å². The normalized spacial score (nSPS) is 17.1. The molecule has 0 radical (unpaired) electrons. The van der Waals surface area contributed by atoms with Gasteiger partial charge in [0.15, 0.2) is 0 Å². The molecule has 1 aromatic heterocycles. The lowest BCUT2D eigenvalue weighted by Crippen LogP contribution is -2.45. The summed E-state index contributed by atoms with van der Waals surface area (Å²) in [5, 5.41) is 0.904. The summed E-state index contributed by atoms with van der Waals surface area (Å²) in [6.07, 6.45) is 2.75. The van der Waals surface area contributed by atoms with Gasteiger partial charge in [0.25, 0.3) is 0 Å². The van der Waals surface area contributed by atoms with E-state index in [9.17, 15) is 12.8 Å². The van der Waals surface area contributed by atoms with Gasteiger partial charge in [0.1, 0.15) is 11.6 Å². The van der Waals surface area contributed by atoms with E-state index in [1.54, 1.807) is 13.1 Å². The Bertz CT molecular complexity index is 817. The van der Waals surface area contributed by atoms with Crippen LogP contribution in [0.4, 0.5) is 10.2 Å². The van der Waals surface area contributed by atoms with E-state index < -0.39 is 10.0 Å². The zero-order valence-corrected chi connectivity index (χ0v) is 14.1. The third-order valence-corrected chi connectivity index (χ3v) is 5.81. The molecule has 23 heavy (non-hydrogen) atoms. The molecule has 1 aromatic carbocycles. The molecule has 0 N–H and O–H groups in total. The van der Waals surface area contributed by atoms with Crippen LogP contribution in [0.2, 0.25) is 0 Å². The molecule has 2 aromatic rings. The highest BCUT2D eigenvalue weighted by molar-refractivity contribution is 7.88. The molecule has 124 valence electrons. The van der Waals surface area contributed by atoms with Gasteiger partial charge in [-0.2, -0.15) is 0 Å².